The summed E-state index contributed by atoms with van der Waals surface area (Å²) >= 11 is 0. The Bertz CT molecular complexity index is 1160. The lowest BCUT2D eigenvalue weighted by Crippen LogP contribution is -2.69. The van der Waals surface area contributed by atoms with Crippen LogP contribution in [0.3, 0.4) is 0 Å². The smallest absolute Gasteiger partial charge is 0.310 e. The minimum atomic E-state index is -1.23. The Morgan fingerprint density at radius 1 is 0.950 bits per heavy atom. The van der Waals surface area contributed by atoms with Crippen molar-refractivity contribution in [2.24, 2.45) is 17.3 Å². The molecule has 40 heavy (non-hydrogen) atoms. The van der Waals surface area contributed by atoms with Crippen LogP contribution < -0.4 is 0 Å². The minimum absolute atomic E-state index is 0.0262. The molecule has 216 valence electrons. The Hall–Kier alpha value is -2.29. The van der Waals surface area contributed by atoms with Crippen molar-refractivity contribution in [1.82, 2.24) is 9.80 Å². The maximum Gasteiger partial charge on any atom is 0.310 e. The van der Waals surface area contributed by atoms with Crippen LogP contribution in [-0.4, -0.2) is 83.1 Å². The highest BCUT2D eigenvalue weighted by Gasteiger charge is 2.67. The van der Waals surface area contributed by atoms with Gasteiger partial charge in [0.1, 0.15) is 6.10 Å². The molecule has 2 aliphatic carbocycles. The Balaban J connectivity index is 1.18. The Morgan fingerprint density at radius 2 is 1.55 bits per heavy atom. The number of piperazine rings is 1. The molecule has 6 rings (SSSR count). The normalized spacial score (nSPS) is 37.0. The van der Waals surface area contributed by atoms with Gasteiger partial charge >= 0.3 is 5.97 Å². The molecule has 6 atom stereocenters. The Labute approximate surface area is 238 Å². The van der Waals surface area contributed by atoms with Gasteiger partial charge in [0, 0.05) is 62.3 Å². The van der Waals surface area contributed by atoms with Crippen LogP contribution in [0.25, 0.3) is 0 Å². The fourth-order valence-corrected chi connectivity index (χ4v) is 8.50. The summed E-state index contributed by atoms with van der Waals surface area (Å²) in [6, 6.07) is 19.7. The first-order valence-corrected chi connectivity index (χ1v) is 14.9. The average molecular weight is 549 g/mol. The number of esters is 1. The fourth-order valence-electron chi connectivity index (χ4n) is 8.50. The van der Waals surface area contributed by atoms with Crippen LogP contribution in [0, 0.1) is 17.3 Å². The number of fused-ring (bicyclic) bond motifs is 2. The van der Waals surface area contributed by atoms with Gasteiger partial charge in [0.25, 0.3) is 0 Å². The predicted octanol–water partition coefficient (Wildman–Crippen LogP) is 3.78. The molecule has 0 spiro atoms. The summed E-state index contributed by atoms with van der Waals surface area (Å²) < 4.78 is 12.0. The van der Waals surface area contributed by atoms with Gasteiger partial charge in [-0.2, -0.15) is 0 Å². The van der Waals surface area contributed by atoms with E-state index in [-0.39, 0.29) is 29.3 Å². The van der Waals surface area contributed by atoms with Crippen molar-refractivity contribution >= 4 is 5.97 Å². The Kier molecular flexibility index (Phi) is 7.11. The van der Waals surface area contributed by atoms with Crippen molar-refractivity contribution in [1.29, 1.82) is 0 Å². The third kappa shape index (κ3) is 4.24. The van der Waals surface area contributed by atoms with Gasteiger partial charge in [0.2, 0.25) is 0 Å². The zero-order valence-electron chi connectivity index (χ0n) is 24.1. The van der Waals surface area contributed by atoms with E-state index in [9.17, 15) is 15.0 Å². The molecule has 2 aromatic rings. The first kappa shape index (κ1) is 27.9. The van der Waals surface area contributed by atoms with Crippen molar-refractivity contribution in [3.05, 3.63) is 71.8 Å². The highest BCUT2D eigenvalue weighted by Crippen LogP contribution is 2.61. The molecule has 2 heterocycles. The number of methoxy groups -OCH3 is 1. The van der Waals surface area contributed by atoms with E-state index in [0.29, 0.717) is 32.5 Å². The first-order valence-electron chi connectivity index (χ1n) is 14.9. The molecule has 2 N–H and O–H groups in total. The molecular weight excluding hydrogens is 504 g/mol. The van der Waals surface area contributed by atoms with Crippen LogP contribution in [-0.2, 0) is 20.0 Å². The van der Waals surface area contributed by atoms with Gasteiger partial charge in [-0.15, -0.1) is 0 Å². The number of hydrogen-bond acceptors (Lipinski definition) is 7. The molecule has 7 heteroatoms. The SMILES string of the molecule is CO[C@]1(C)CCC[C@]2(C)C[C@H]3OC(=O)[C@H](CN4CCN(C(O)(c5ccccc5)c5ccccc5)CC4)[C@@H]3C[C@]21O. The van der Waals surface area contributed by atoms with E-state index in [0.717, 1.165) is 43.5 Å². The molecule has 0 radical (unpaired) electrons. The number of hydrogen-bond donors (Lipinski definition) is 2. The van der Waals surface area contributed by atoms with Crippen LogP contribution in [0.15, 0.2) is 60.7 Å². The molecule has 2 saturated carbocycles. The van der Waals surface area contributed by atoms with Gasteiger partial charge < -0.3 is 19.7 Å². The van der Waals surface area contributed by atoms with E-state index >= 15 is 0 Å². The standard InChI is InChI=1S/C33H44N2O5/c1-30-15-10-16-31(2,39-3)32(30,37)21-26-27(29(36)40-28(26)22-30)23-34-17-19-35(20-18-34)33(38,24-11-6-4-7-12-24)25-13-8-5-9-14-25/h4-9,11-14,26-28,37-38H,10,15-23H2,1-3H3/t26-,27+,28+,30+,31+,32-/m0/s1. The van der Waals surface area contributed by atoms with E-state index in [4.69, 9.17) is 9.47 Å². The monoisotopic (exact) mass is 548 g/mol. The summed E-state index contributed by atoms with van der Waals surface area (Å²) in [7, 11) is 1.70. The van der Waals surface area contributed by atoms with Gasteiger partial charge in [0.05, 0.1) is 17.1 Å². The maximum atomic E-state index is 13.2. The number of rotatable bonds is 6. The molecule has 2 saturated heterocycles. The number of aliphatic hydroxyl groups is 2. The van der Waals surface area contributed by atoms with Crippen LogP contribution in [0.2, 0.25) is 0 Å². The summed E-state index contributed by atoms with van der Waals surface area (Å²) in [6.45, 7) is 7.61. The van der Waals surface area contributed by atoms with E-state index in [1.165, 1.54) is 0 Å². The summed E-state index contributed by atoms with van der Waals surface area (Å²) in [6.07, 6.45) is 3.80. The van der Waals surface area contributed by atoms with Crippen molar-refractivity contribution in [3.63, 3.8) is 0 Å². The number of nitrogens with zero attached hydrogens (tertiary/aromatic N) is 2. The highest BCUT2D eigenvalue weighted by atomic mass is 16.6. The summed E-state index contributed by atoms with van der Waals surface area (Å²) in [4.78, 5) is 17.7. The lowest BCUT2D eigenvalue weighted by molar-refractivity contribution is -0.270. The molecule has 0 aromatic heterocycles. The lowest BCUT2D eigenvalue weighted by atomic mass is 9.49. The largest absolute Gasteiger partial charge is 0.462 e. The quantitative estimate of drug-likeness (QED) is 0.532. The van der Waals surface area contributed by atoms with Gasteiger partial charge in [-0.1, -0.05) is 67.6 Å². The molecule has 0 bridgehead atoms. The molecule has 7 nitrogen and oxygen atoms in total. The van der Waals surface area contributed by atoms with E-state index in [1.54, 1.807) is 7.11 Å². The van der Waals surface area contributed by atoms with Gasteiger partial charge in [-0.3, -0.25) is 14.6 Å². The summed E-state index contributed by atoms with van der Waals surface area (Å²) in [5, 5.41) is 24.4. The zero-order valence-corrected chi connectivity index (χ0v) is 24.1. The number of benzene rings is 2. The highest BCUT2D eigenvalue weighted by molar-refractivity contribution is 5.75. The average Bonchev–Trinajstić information content (AvgIpc) is 3.26. The van der Waals surface area contributed by atoms with E-state index in [2.05, 4.69) is 16.7 Å². The number of carbonyl (C=O) groups excluding carboxylic acids is 1. The molecular formula is C33H44N2O5. The van der Waals surface area contributed by atoms with Crippen molar-refractivity contribution in [2.45, 2.75) is 69.0 Å². The van der Waals surface area contributed by atoms with Crippen molar-refractivity contribution < 1.29 is 24.5 Å². The topological polar surface area (TPSA) is 82.5 Å². The van der Waals surface area contributed by atoms with Crippen LogP contribution in [0.1, 0.15) is 57.1 Å². The predicted molar refractivity (Wildman–Crippen MR) is 152 cm³/mol. The second-order valence-electron chi connectivity index (χ2n) is 13.1. The third-order valence-electron chi connectivity index (χ3n) is 11.1. The summed E-state index contributed by atoms with van der Waals surface area (Å²) in [5.41, 5.74) is -1.49. The first-order chi connectivity index (χ1) is 19.1. The molecule has 0 amide bonds. The van der Waals surface area contributed by atoms with E-state index in [1.807, 2.05) is 67.6 Å². The second-order valence-corrected chi connectivity index (χ2v) is 13.1. The van der Waals surface area contributed by atoms with Crippen LogP contribution in [0.4, 0.5) is 0 Å². The van der Waals surface area contributed by atoms with E-state index < -0.39 is 16.9 Å². The summed E-state index contributed by atoms with van der Waals surface area (Å²) in [5.74, 6) is -0.426. The van der Waals surface area contributed by atoms with Gasteiger partial charge in [-0.05, 0) is 39.0 Å². The Morgan fingerprint density at radius 3 is 2.12 bits per heavy atom. The molecule has 4 fully saturated rings. The minimum Gasteiger partial charge on any atom is -0.462 e. The van der Waals surface area contributed by atoms with Gasteiger partial charge in [0.15, 0.2) is 5.72 Å². The number of ether oxygens (including phenoxy) is 2. The lowest BCUT2D eigenvalue weighted by Gasteiger charge is -2.62. The molecule has 4 aliphatic rings. The molecule has 2 aliphatic heterocycles. The number of carbonyl (C=O) groups is 1. The fraction of sp³-hybridized carbons (Fsp3) is 0.606. The maximum absolute atomic E-state index is 13.2. The third-order valence-corrected chi connectivity index (χ3v) is 11.1. The zero-order chi connectivity index (χ0) is 28.2. The molecule has 2 aromatic carbocycles. The van der Waals surface area contributed by atoms with Crippen LogP contribution in [0.5, 0.6) is 0 Å². The molecule has 0 unspecified atom stereocenters. The van der Waals surface area contributed by atoms with Gasteiger partial charge in [-0.25, -0.2) is 0 Å². The van der Waals surface area contributed by atoms with Crippen molar-refractivity contribution in [2.75, 3.05) is 39.8 Å². The van der Waals surface area contributed by atoms with Crippen LogP contribution >= 0.6 is 0 Å². The van der Waals surface area contributed by atoms with Crippen molar-refractivity contribution in [3.8, 4) is 0 Å². The second kappa shape index (κ2) is 10.2.